The van der Waals surface area contributed by atoms with Crippen molar-refractivity contribution >= 4 is 11.6 Å². The minimum atomic E-state index is -0.315. The Balaban J connectivity index is 1.95. The largest absolute Gasteiger partial charge is 0.495 e. The molecule has 5 heteroatoms. The first-order chi connectivity index (χ1) is 9.58. The average Bonchev–Trinajstić information content (AvgIpc) is 2.38. The number of carbonyl (C=O) groups is 1. The lowest BCUT2D eigenvalue weighted by molar-refractivity contribution is -0.118. The number of aryl methyl sites for hydroxylation is 1. The van der Waals surface area contributed by atoms with Crippen LogP contribution < -0.4 is 10.1 Å². The average molecular weight is 278 g/mol. The quantitative estimate of drug-likeness (QED) is 0.874. The van der Waals surface area contributed by atoms with Gasteiger partial charge in [0.2, 0.25) is 5.91 Å². The van der Waals surface area contributed by atoms with E-state index in [1.54, 1.807) is 7.11 Å². The van der Waals surface area contributed by atoms with Crippen LogP contribution in [0.1, 0.15) is 18.4 Å². The molecule has 1 atom stereocenters. The lowest BCUT2D eigenvalue weighted by Gasteiger charge is -2.29. The number of hydrogen-bond donors (Lipinski definition) is 2. The summed E-state index contributed by atoms with van der Waals surface area (Å²) in [5.74, 6) is 0.575. The third kappa shape index (κ3) is 3.95. The maximum atomic E-state index is 12.1. The molecule has 0 bridgehead atoms. The number of ether oxygens (including phenoxy) is 1. The van der Waals surface area contributed by atoms with Gasteiger partial charge >= 0.3 is 0 Å². The molecule has 2 rings (SSSR count). The number of likely N-dealkylation sites (tertiary alicyclic amines) is 1. The zero-order valence-electron chi connectivity index (χ0n) is 12.1. The molecule has 1 aliphatic heterocycles. The normalized spacial score (nSPS) is 19.6. The number of nitrogens with one attached hydrogen (secondary N) is 1. The lowest BCUT2D eigenvalue weighted by Crippen LogP contribution is -2.42. The highest BCUT2D eigenvalue weighted by atomic mass is 16.5. The van der Waals surface area contributed by atoms with Crippen molar-refractivity contribution in [1.29, 1.82) is 0 Å². The first kappa shape index (κ1) is 14.8. The van der Waals surface area contributed by atoms with Crippen LogP contribution in [-0.2, 0) is 4.79 Å². The highest BCUT2D eigenvalue weighted by molar-refractivity contribution is 5.93. The van der Waals surface area contributed by atoms with Gasteiger partial charge in [0.1, 0.15) is 5.75 Å². The molecule has 1 aromatic carbocycles. The van der Waals surface area contributed by atoms with E-state index < -0.39 is 0 Å². The smallest absolute Gasteiger partial charge is 0.238 e. The van der Waals surface area contributed by atoms with Gasteiger partial charge in [-0.2, -0.15) is 0 Å². The minimum absolute atomic E-state index is 0.0806. The van der Waals surface area contributed by atoms with Crippen molar-refractivity contribution in [3.63, 3.8) is 0 Å². The molecule has 5 nitrogen and oxygen atoms in total. The van der Waals surface area contributed by atoms with E-state index in [4.69, 9.17) is 4.74 Å². The van der Waals surface area contributed by atoms with Gasteiger partial charge in [-0.25, -0.2) is 0 Å². The Kier molecular flexibility index (Phi) is 4.98. The number of anilines is 1. The second-order valence-corrected chi connectivity index (χ2v) is 5.28. The van der Waals surface area contributed by atoms with Gasteiger partial charge in [-0.05, 0) is 44.0 Å². The molecular weight excluding hydrogens is 256 g/mol. The highest BCUT2D eigenvalue weighted by Crippen LogP contribution is 2.25. The van der Waals surface area contributed by atoms with Crippen molar-refractivity contribution < 1.29 is 14.6 Å². The molecule has 1 fully saturated rings. The van der Waals surface area contributed by atoms with Crippen LogP contribution in [0.25, 0.3) is 0 Å². The SMILES string of the molecule is COc1ccc(C)cc1NC(=O)CN1CCCC(O)C1. The van der Waals surface area contributed by atoms with Gasteiger partial charge < -0.3 is 15.2 Å². The molecule has 1 aromatic rings. The summed E-state index contributed by atoms with van der Waals surface area (Å²) >= 11 is 0. The molecule has 0 saturated carbocycles. The van der Waals surface area contributed by atoms with Gasteiger partial charge in [-0.3, -0.25) is 9.69 Å². The first-order valence-corrected chi connectivity index (χ1v) is 6.93. The van der Waals surface area contributed by atoms with Crippen molar-refractivity contribution in [2.45, 2.75) is 25.9 Å². The highest BCUT2D eigenvalue weighted by Gasteiger charge is 2.20. The molecule has 0 radical (unpaired) electrons. The summed E-state index contributed by atoms with van der Waals surface area (Å²) in [5.41, 5.74) is 1.75. The molecule has 1 unspecified atom stereocenters. The summed E-state index contributed by atoms with van der Waals surface area (Å²) in [6.45, 7) is 3.69. The number of carbonyl (C=O) groups excluding carboxylic acids is 1. The van der Waals surface area contributed by atoms with Gasteiger partial charge in [-0.15, -0.1) is 0 Å². The van der Waals surface area contributed by atoms with Gasteiger partial charge in [-0.1, -0.05) is 6.07 Å². The number of rotatable bonds is 4. The molecule has 20 heavy (non-hydrogen) atoms. The van der Waals surface area contributed by atoms with E-state index in [0.717, 1.165) is 24.9 Å². The molecule has 1 saturated heterocycles. The number of β-amino-alcohol motifs (C(OH)–C–C–N with tert-alkyl or cyclic N) is 1. The number of piperidine rings is 1. The molecule has 1 heterocycles. The molecule has 0 aliphatic carbocycles. The van der Waals surface area contributed by atoms with E-state index in [2.05, 4.69) is 5.32 Å². The number of hydrogen-bond acceptors (Lipinski definition) is 4. The van der Waals surface area contributed by atoms with Crippen LogP contribution in [0.15, 0.2) is 18.2 Å². The van der Waals surface area contributed by atoms with Gasteiger partial charge in [0.25, 0.3) is 0 Å². The van der Waals surface area contributed by atoms with E-state index in [1.165, 1.54) is 0 Å². The minimum Gasteiger partial charge on any atom is -0.495 e. The molecule has 1 amide bonds. The second-order valence-electron chi connectivity index (χ2n) is 5.28. The van der Waals surface area contributed by atoms with Crippen LogP contribution in [0, 0.1) is 6.92 Å². The van der Waals surface area contributed by atoms with Crippen molar-refractivity contribution in [3.8, 4) is 5.75 Å². The Labute approximate surface area is 119 Å². The number of amides is 1. The molecule has 0 aromatic heterocycles. The summed E-state index contributed by atoms with van der Waals surface area (Å²) < 4.78 is 5.24. The summed E-state index contributed by atoms with van der Waals surface area (Å²) in [6, 6.07) is 5.67. The van der Waals surface area contributed by atoms with Crippen LogP contribution in [0.4, 0.5) is 5.69 Å². The molecular formula is C15H22N2O3. The van der Waals surface area contributed by atoms with Crippen LogP contribution in [0.5, 0.6) is 5.75 Å². The lowest BCUT2D eigenvalue weighted by atomic mass is 10.1. The molecule has 2 N–H and O–H groups in total. The summed E-state index contributed by atoms with van der Waals surface area (Å²) in [7, 11) is 1.58. The van der Waals surface area contributed by atoms with Crippen molar-refractivity contribution in [3.05, 3.63) is 23.8 Å². The Morgan fingerprint density at radius 3 is 3.05 bits per heavy atom. The third-order valence-electron chi connectivity index (χ3n) is 3.48. The van der Waals surface area contributed by atoms with Crippen LogP contribution >= 0.6 is 0 Å². The van der Waals surface area contributed by atoms with Gasteiger partial charge in [0.15, 0.2) is 0 Å². The number of aliphatic hydroxyl groups is 1. The fourth-order valence-corrected chi connectivity index (χ4v) is 2.49. The Bertz CT molecular complexity index is 476. The predicted octanol–water partition coefficient (Wildman–Crippen LogP) is 1.40. The van der Waals surface area contributed by atoms with Crippen molar-refractivity contribution in [1.82, 2.24) is 4.90 Å². The topological polar surface area (TPSA) is 61.8 Å². The summed E-state index contributed by atoms with van der Waals surface area (Å²) in [5, 5.41) is 12.5. The summed E-state index contributed by atoms with van der Waals surface area (Å²) in [4.78, 5) is 14.1. The molecule has 110 valence electrons. The third-order valence-corrected chi connectivity index (χ3v) is 3.48. The van der Waals surface area contributed by atoms with E-state index >= 15 is 0 Å². The molecule has 0 spiro atoms. The van der Waals surface area contributed by atoms with Crippen molar-refractivity contribution in [2.24, 2.45) is 0 Å². The summed E-state index contributed by atoms with van der Waals surface area (Å²) in [6.07, 6.45) is 1.44. The van der Waals surface area contributed by atoms with Crippen LogP contribution in [0.2, 0.25) is 0 Å². The zero-order chi connectivity index (χ0) is 14.5. The Hall–Kier alpha value is -1.59. The van der Waals surface area contributed by atoms with E-state index in [9.17, 15) is 9.90 Å². The number of aliphatic hydroxyl groups excluding tert-OH is 1. The Morgan fingerprint density at radius 2 is 2.35 bits per heavy atom. The van der Waals surface area contributed by atoms with Gasteiger partial charge in [0.05, 0.1) is 25.4 Å². The fraction of sp³-hybridized carbons (Fsp3) is 0.533. The Morgan fingerprint density at radius 1 is 1.55 bits per heavy atom. The number of benzene rings is 1. The maximum Gasteiger partial charge on any atom is 0.238 e. The van der Waals surface area contributed by atoms with Crippen molar-refractivity contribution in [2.75, 3.05) is 32.1 Å². The molecule has 1 aliphatic rings. The van der Waals surface area contributed by atoms with Crippen LogP contribution in [-0.4, -0.2) is 48.8 Å². The first-order valence-electron chi connectivity index (χ1n) is 6.93. The van der Waals surface area contributed by atoms with E-state index in [1.807, 2.05) is 30.0 Å². The number of nitrogens with zero attached hydrogens (tertiary/aromatic N) is 1. The second kappa shape index (κ2) is 6.72. The zero-order valence-corrected chi connectivity index (χ0v) is 12.1. The standard InChI is InChI=1S/C15H22N2O3/c1-11-5-6-14(20-2)13(8-11)16-15(19)10-17-7-3-4-12(18)9-17/h5-6,8,12,18H,3-4,7,9-10H2,1-2H3,(H,16,19). The van der Waals surface area contributed by atoms with Crippen LogP contribution in [0.3, 0.4) is 0 Å². The van der Waals surface area contributed by atoms with E-state index in [-0.39, 0.29) is 12.0 Å². The maximum absolute atomic E-state index is 12.1. The monoisotopic (exact) mass is 278 g/mol. The fourth-order valence-electron chi connectivity index (χ4n) is 2.49. The number of methoxy groups -OCH3 is 1. The van der Waals surface area contributed by atoms with Gasteiger partial charge in [0, 0.05) is 6.54 Å². The van der Waals surface area contributed by atoms with E-state index in [0.29, 0.717) is 24.5 Å². The predicted molar refractivity (Wildman–Crippen MR) is 78.0 cm³/mol.